The molecule has 1 spiro atoms. The van der Waals surface area contributed by atoms with Crippen LogP contribution in [0.15, 0.2) is 12.2 Å². The lowest BCUT2D eigenvalue weighted by Crippen LogP contribution is -2.12. The van der Waals surface area contributed by atoms with Crippen molar-refractivity contribution >= 4 is 0 Å². The van der Waals surface area contributed by atoms with Crippen LogP contribution in [0.3, 0.4) is 0 Å². The fourth-order valence-corrected chi connectivity index (χ4v) is 3.58. The zero-order chi connectivity index (χ0) is 9.09. The van der Waals surface area contributed by atoms with E-state index >= 15 is 0 Å². The van der Waals surface area contributed by atoms with Gasteiger partial charge in [-0.1, -0.05) is 39.8 Å². The first-order chi connectivity index (χ1) is 5.51. The van der Waals surface area contributed by atoms with Crippen molar-refractivity contribution in [1.29, 1.82) is 0 Å². The summed E-state index contributed by atoms with van der Waals surface area (Å²) in [5.41, 5.74) is 2.16. The molecule has 0 bridgehead atoms. The second kappa shape index (κ2) is 2.16. The molecule has 4 atom stereocenters. The molecule has 0 heteroatoms. The molecule has 2 saturated carbocycles. The summed E-state index contributed by atoms with van der Waals surface area (Å²) >= 11 is 0. The van der Waals surface area contributed by atoms with E-state index in [2.05, 4.69) is 34.3 Å². The zero-order valence-electron chi connectivity index (χ0n) is 8.72. The van der Waals surface area contributed by atoms with Crippen LogP contribution in [0.25, 0.3) is 0 Å². The van der Waals surface area contributed by atoms with Gasteiger partial charge in [0.1, 0.15) is 0 Å². The van der Waals surface area contributed by atoms with Crippen molar-refractivity contribution in [3.05, 3.63) is 12.2 Å². The maximum atomic E-state index is 4.19. The Balaban J connectivity index is 2.27. The van der Waals surface area contributed by atoms with Gasteiger partial charge in [0.2, 0.25) is 0 Å². The van der Waals surface area contributed by atoms with Crippen molar-refractivity contribution in [1.82, 2.24) is 0 Å². The number of rotatable bonds is 0. The fraction of sp³-hybridized carbons (Fsp3) is 0.833. The number of allylic oxidation sites excluding steroid dienone is 1. The van der Waals surface area contributed by atoms with Gasteiger partial charge >= 0.3 is 0 Å². The molecule has 12 heavy (non-hydrogen) atoms. The van der Waals surface area contributed by atoms with Crippen molar-refractivity contribution in [2.75, 3.05) is 0 Å². The van der Waals surface area contributed by atoms with Crippen molar-refractivity contribution in [2.24, 2.45) is 29.1 Å². The first-order valence-corrected chi connectivity index (χ1v) is 5.19. The molecular weight excluding hydrogens is 144 g/mol. The quantitative estimate of drug-likeness (QED) is 0.481. The third kappa shape index (κ3) is 0.694. The highest BCUT2D eigenvalue weighted by Gasteiger charge is 2.65. The molecule has 2 aliphatic carbocycles. The highest BCUT2D eigenvalue weighted by Crippen LogP contribution is 2.71. The van der Waals surface area contributed by atoms with E-state index in [1.807, 2.05) is 0 Å². The van der Waals surface area contributed by atoms with Gasteiger partial charge in [0.05, 0.1) is 0 Å². The molecule has 2 aliphatic rings. The Morgan fingerprint density at radius 2 is 1.58 bits per heavy atom. The van der Waals surface area contributed by atoms with E-state index in [1.165, 1.54) is 12.0 Å². The SMILES string of the molecule is C=C1CC2(C(C)C1C)C(C)C2C. The van der Waals surface area contributed by atoms with E-state index < -0.39 is 0 Å². The van der Waals surface area contributed by atoms with Gasteiger partial charge in [-0.15, -0.1) is 0 Å². The van der Waals surface area contributed by atoms with Crippen LogP contribution in [0.5, 0.6) is 0 Å². The summed E-state index contributed by atoms with van der Waals surface area (Å²) in [7, 11) is 0. The predicted octanol–water partition coefficient (Wildman–Crippen LogP) is 3.49. The van der Waals surface area contributed by atoms with Gasteiger partial charge in [-0.3, -0.25) is 0 Å². The average Bonchev–Trinajstić information content (AvgIpc) is 2.46. The molecule has 0 heterocycles. The lowest BCUT2D eigenvalue weighted by Gasteiger charge is -2.17. The first kappa shape index (κ1) is 8.34. The summed E-state index contributed by atoms with van der Waals surface area (Å²) < 4.78 is 0. The minimum atomic E-state index is 0.663. The van der Waals surface area contributed by atoms with Gasteiger partial charge in [-0.05, 0) is 35.5 Å². The molecule has 0 saturated heterocycles. The molecule has 2 rings (SSSR count). The summed E-state index contributed by atoms with van der Waals surface area (Å²) in [5.74, 6) is 3.51. The summed E-state index contributed by atoms with van der Waals surface area (Å²) in [4.78, 5) is 0. The molecule has 0 aromatic rings. The van der Waals surface area contributed by atoms with Crippen LogP contribution in [0.1, 0.15) is 34.1 Å². The summed E-state index contributed by atoms with van der Waals surface area (Å²) in [6.45, 7) is 13.8. The molecule has 0 aliphatic heterocycles. The fourth-order valence-electron chi connectivity index (χ4n) is 3.58. The Kier molecular flexibility index (Phi) is 1.50. The Hall–Kier alpha value is -0.260. The van der Waals surface area contributed by atoms with Gasteiger partial charge in [-0.2, -0.15) is 0 Å². The Labute approximate surface area is 76.1 Å². The monoisotopic (exact) mass is 164 g/mol. The Morgan fingerprint density at radius 3 is 1.75 bits per heavy atom. The molecule has 0 aromatic carbocycles. The zero-order valence-corrected chi connectivity index (χ0v) is 8.72. The summed E-state index contributed by atoms with van der Waals surface area (Å²) in [5, 5.41) is 0. The largest absolute Gasteiger partial charge is 0.0996 e. The van der Waals surface area contributed by atoms with Gasteiger partial charge in [0.15, 0.2) is 0 Å². The van der Waals surface area contributed by atoms with E-state index in [9.17, 15) is 0 Å². The van der Waals surface area contributed by atoms with Crippen molar-refractivity contribution < 1.29 is 0 Å². The van der Waals surface area contributed by atoms with Crippen molar-refractivity contribution in [3.63, 3.8) is 0 Å². The molecule has 0 N–H and O–H groups in total. The molecule has 0 nitrogen and oxygen atoms in total. The predicted molar refractivity (Wildman–Crippen MR) is 52.8 cm³/mol. The molecular formula is C12H20. The third-order valence-corrected chi connectivity index (χ3v) is 5.11. The van der Waals surface area contributed by atoms with E-state index in [0.29, 0.717) is 5.41 Å². The van der Waals surface area contributed by atoms with Crippen LogP contribution in [-0.2, 0) is 0 Å². The maximum absolute atomic E-state index is 4.19. The van der Waals surface area contributed by atoms with E-state index in [0.717, 1.165) is 23.7 Å². The van der Waals surface area contributed by atoms with Crippen LogP contribution in [0, 0.1) is 29.1 Å². The number of hydrogen-bond donors (Lipinski definition) is 0. The van der Waals surface area contributed by atoms with E-state index in [1.54, 1.807) is 0 Å². The normalized spacial score (nSPS) is 58.2. The molecule has 4 unspecified atom stereocenters. The van der Waals surface area contributed by atoms with E-state index in [-0.39, 0.29) is 0 Å². The van der Waals surface area contributed by atoms with Crippen LogP contribution in [0.2, 0.25) is 0 Å². The second-order valence-corrected chi connectivity index (χ2v) is 5.10. The Morgan fingerprint density at radius 1 is 1.08 bits per heavy atom. The van der Waals surface area contributed by atoms with Crippen LogP contribution in [-0.4, -0.2) is 0 Å². The molecule has 0 aromatic heterocycles. The standard InChI is InChI=1S/C12H20/c1-7-6-12(9(3)8(7)2)10(4)11(12)5/h8-11H,1,6H2,2-5H3. The summed E-state index contributed by atoms with van der Waals surface area (Å²) in [6.07, 6.45) is 1.30. The molecule has 0 radical (unpaired) electrons. The minimum Gasteiger partial charge on any atom is -0.0996 e. The minimum absolute atomic E-state index is 0.663. The second-order valence-electron chi connectivity index (χ2n) is 5.10. The highest BCUT2D eigenvalue weighted by molar-refractivity contribution is 5.24. The lowest BCUT2D eigenvalue weighted by atomic mass is 9.87. The smallest absolute Gasteiger partial charge is 0.0172 e. The molecule has 0 amide bonds. The average molecular weight is 164 g/mol. The van der Waals surface area contributed by atoms with Gasteiger partial charge in [0, 0.05) is 0 Å². The van der Waals surface area contributed by atoms with E-state index in [4.69, 9.17) is 0 Å². The van der Waals surface area contributed by atoms with Crippen LogP contribution >= 0.6 is 0 Å². The summed E-state index contributed by atoms with van der Waals surface area (Å²) in [6, 6.07) is 0. The molecule has 68 valence electrons. The molecule has 2 fully saturated rings. The van der Waals surface area contributed by atoms with Crippen molar-refractivity contribution in [2.45, 2.75) is 34.1 Å². The van der Waals surface area contributed by atoms with Gasteiger partial charge < -0.3 is 0 Å². The topological polar surface area (TPSA) is 0 Å². The van der Waals surface area contributed by atoms with Crippen LogP contribution in [0.4, 0.5) is 0 Å². The Bertz CT molecular complexity index is 218. The van der Waals surface area contributed by atoms with Crippen molar-refractivity contribution in [3.8, 4) is 0 Å². The van der Waals surface area contributed by atoms with Crippen LogP contribution < -0.4 is 0 Å². The van der Waals surface area contributed by atoms with Gasteiger partial charge in [-0.25, -0.2) is 0 Å². The lowest BCUT2D eigenvalue weighted by molar-refractivity contribution is 0.303. The number of hydrogen-bond acceptors (Lipinski definition) is 0. The highest BCUT2D eigenvalue weighted by atomic mass is 14.7. The first-order valence-electron chi connectivity index (χ1n) is 5.19. The third-order valence-electron chi connectivity index (χ3n) is 5.11. The maximum Gasteiger partial charge on any atom is -0.0172 e. The van der Waals surface area contributed by atoms with Gasteiger partial charge in [0.25, 0.3) is 0 Å².